The fourth-order valence-corrected chi connectivity index (χ4v) is 3.46. The van der Waals surface area contributed by atoms with Gasteiger partial charge in [-0.25, -0.2) is 9.67 Å². The Morgan fingerprint density at radius 3 is 2.90 bits per heavy atom. The molecule has 0 saturated carbocycles. The Kier molecular flexibility index (Phi) is 5.59. The highest BCUT2D eigenvalue weighted by molar-refractivity contribution is 7.99. The average Bonchev–Trinajstić information content (AvgIpc) is 3.41. The lowest BCUT2D eigenvalue weighted by Gasteiger charge is -2.08. The maximum Gasteiger partial charge on any atom is 0.234 e. The quantitative estimate of drug-likeness (QED) is 0.475. The van der Waals surface area contributed by atoms with Crippen LogP contribution in [-0.2, 0) is 4.79 Å². The van der Waals surface area contributed by atoms with Gasteiger partial charge in [-0.05, 0) is 42.8 Å². The molecule has 1 aromatic carbocycles. The van der Waals surface area contributed by atoms with E-state index in [0.29, 0.717) is 21.7 Å². The van der Waals surface area contributed by atoms with Crippen LogP contribution >= 0.6 is 23.4 Å². The Labute approximate surface area is 175 Å². The summed E-state index contributed by atoms with van der Waals surface area (Å²) < 4.78 is 3.44. The van der Waals surface area contributed by atoms with Crippen molar-refractivity contribution in [3.63, 3.8) is 0 Å². The molecule has 4 rings (SSSR count). The van der Waals surface area contributed by atoms with Gasteiger partial charge in [0, 0.05) is 17.4 Å². The molecule has 0 atom stereocenters. The number of carbonyl (C=O) groups is 1. The molecule has 0 spiro atoms. The Balaban J connectivity index is 1.38. The maximum atomic E-state index is 12.3. The number of hydrogen-bond donors (Lipinski definition) is 1. The van der Waals surface area contributed by atoms with Crippen molar-refractivity contribution in [2.45, 2.75) is 12.1 Å². The summed E-state index contributed by atoms with van der Waals surface area (Å²) in [4.78, 5) is 16.6. The summed E-state index contributed by atoms with van der Waals surface area (Å²) in [6, 6.07) is 11.1. The number of halogens is 1. The first-order valence-electron chi connectivity index (χ1n) is 8.65. The molecule has 146 valence electrons. The summed E-state index contributed by atoms with van der Waals surface area (Å²) in [5.41, 5.74) is 2.44. The van der Waals surface area contributed by atoms with Crippen LogP contribution in [-0.4, -0.2) is 41.2 Å². The number of rotatable bonds is 6. The van der Waals surface area contributed by atoms with E-state index in [1.807, 2.05) is 31.2 Å². The maximum absolute atomic E-state index is 12.3. The van der Waals surface area contributed by atoms with Gasteiger partial charge in [-0.2, -0.15) is 5.10 Å². The number of thioether (sulfide) groups is 1. The van der Waals surface area contributed by atoms with E-state index in [-0.39, 0.29) is 11.7 Å². The molecule has 29 heavy (non-hydrogen) atoms. The molecule has 0 fully saturated rings. The number of nitrogens with one attached hydrogen (secondary N) is 1. The van der Waals surface area contributed by atoms with Crippen molar-refractivity contribution >= 4 is 35.0 Å². The number of carbonyl (C=O) groups excluding carboxylic acids is 1. The van der Waals surface area contributed by atoms with Crippen LogP contribution in [0.1, 0.15) is 5.56 Å². The SMILES string of the molecule is Cc1ccc(-n2cnnc2SCC(=O)Nc2ccc(-n3cccn3)nc2)cc1Cl. The second-order valence-electron chi connectivity index (χ2n) is 6.11. The van der Waals surface area contributed by atoms with Crippen molar-refractivity contribution < 1.29 is 4.79 Å². The fourth-order valence-electron chi connectivity index (χ4n) is 2.56. The van der Waals surface area contributed by atoms with Gasteiger partial charge in [-0.3, -0.25) is 9.36 Å². The van der Waals surface area contributed by atoms with E-state index in [1.54, 1.807) is 46.3 Å². The molecule has 4 aromatic rings. The minimum Gasteiger partial charge on any atom is -0.324 e. The highest BCUT2D eigenvalue weighted by Gasteiger charge is 2.11. The molecule has 0 aliphatic heterocycles. The lowest BCUT2D eigenvalue weighted by Crippen LogP contribution is -2.15. The molecular formula is C19H16ClN7OS. The van der Waals surface area contributed by atoms with E-state index in [1.165, 1.54) is 11.8 Å². The van der Waals surface area contributed by atoms with E-state index in [0.717, 1.165) is 11.3 Å². The predicted molar refractivity (Wildman–Crippen MR) is 112 cm³/mol. The van der Waals surface area contributed by atoms with Gasteiger partial charge in [-0.15, -0.1) is 10.2 Å². The second kappa shape index (κ2) is 8.46. The van der Waals surface area contributed by atoms with Crippen LogP contribution in [0.2, 0.25) is 5.02 Å². The van der Waals surface area contributed by atoms with Crippen LogP contribution in [0.15, 0.2) is 66.5 Å². The molecule has 3 aromatic heterocycles. The fraction of sp³-hybridized carbons (Fsp3) is 0.105. The number of aryl methyl sites for hydroxylation is 1. The molecule has 0 radical (unpaired) electrons. The van der Waals surface area contributed by atoms with E-state index in [2.05, 4.69) is 25.6 Å². The highest BCUT2D eigenvalue weighted by Crippen LogP contribution is 2.24. The zero-order chi connectivity index (χ0) is 20.2. The van der Waals surface area contributed by atoms with E-state index in [4.69, 9.17) is 11.6 Å². The standard InChI is InChI=1S/C19H16ClN7OS/c1-13-3-5-15(9-16(13)20)26-12-22-25-19(26)29-11-18(28)24-14-4-6-17(21-10-14)27-8-2-7-23-27/h2-10,12H,11H2,1H3,(H,24,28). The molecule has 0 aliphatic carbocycles. The van der Waals surface area contributed by atoms with E-state index < -0.39 is 0 Å². The smallest absolute Gasteiger partial charge is 0.234 e. The first-order valence-corrected chi connectivity index (χ1v) is 10.0. The molecule has 8 nitrogen and oxygen atoms in total. The molecule has 0 bridgehead atoms. The third-order valence-corrected chi connectivity index (χ3v) is 5.40. The van der Waals surface area contributed by atoms with Gasteiger partial charge >= 0.3 is 0 Å². The van der Waals surface area contributed by atoms with Crippen LogP contribution in [0.25, 0.3) is 11.5 Å². The van der Waals surface area contributed by atoms with Crippen LogP contribution in [0.4, 0.5) is 5.69 Å². The van der Waals surface area contributed by atoms with Crippen LogP contribution in [0.5, 0.6) is 0 Å². The van der Waals surface area contributed by atoms with Gasteiger partial charge < -0.3 is 5.32 Å². The zero-order valence-electron chi connectivity index (χ0n) is 15.4. The lowest BCUT2D eigenvalue weighted by molar-refractivity contribution is -0.113. The number of benzene rings is 1. The summed E-state index contributed by atoms with van der Waals surface area (Å²) in [6.07, 6.45) is 6.67. The van der Waals surface area contributed by atoms with Crippen molar-refractivity contribution in [1.82, 2.24) is 29.5 Å². The Morgan fingerprint density at radius 2 is 2.17 bits per heavy atom. The number of amides is 1. The number of hydrogen-bond acceptors (Lipinski definition) is 6. The first kappa shape index (κ1) is 19.2. The predicted octanol–water partition coefficient (Wildman–Crippen LogP) is 3.54. The normalized spacial score (nSPS) is 10.8. The molecular weight excluding hydrogens is 410 g/mol. The number of aromatic nitrogens is 6. The summed E-state index contributed by atoms with van der Waals surface area (Å²) in [5, 5.41) is 16.2. The minimum atomic E-state index is -0.167. The molecule has 0 saturated heterocycles. The average molecular weight is 426 g/mol. The Bertz CT molecular complexity index is 1130. The Morgan fingerprint density at radius 1 is 1.28 bits per heavy atom. The number of pyridine rings is 1. The van der Waals surface area contributed by atoms with Gasteiger partial charge in [-0.1, -0.05) is 29.4 Å². The third-order valence-electron chi connectivity index (χ3n) is 4.05. The molecule has 1 amide bonds. The lowest BCUT2D eigenvalue weighted by atomic mass is 10.2. The van der Waals surface area contributed by atoms with Gasteiger partial charge in [0.2, 0.25) is 5.91 Å². The van der Waals surface area contributed by atoms with E-state index >= 15 is 0 Å². The number of nitrogens with zero attached hydrogens (tertiary/aromatic N) is 6. The monoisotopic (exact) mass is 425 g/mol. The molecule has 1 N–H and O–H groups in total. The summed E-state index contributed by atoms with van der Waals surface area (Å²) in [5.74, 6) is 0.687. The van der Waals surface area contributed by atoms with Gasteiger partial charge in [0.1, 0.15) is 6.33 Å². The molecule has 0 unspecified atom stereocenters. The number of anilines is 1. The zero-order valence-corrected chi connectivity index (χ0v) is 16.9. The van der Waals surface area contributed by atoms with E-state index in [9.17, 15) is 4.79 Å². The molecule has 10 heteroatoms. The van der Waals surface area contributed by atoms with Crippen LogP contribution < -0.4 is 5.32 Å². The molecule has 0 aliphatic rings. The van der Waals surface area contributed by atoms with Crippen molar-refractivity contribution in [3.05, 3.63) is 71.9 Å². The van der Waals surface area contributed by atoms with Crippen molar-refractivity contribution in [2.75, 3.05) is 11.1 Å². The summed E-state index contributed by atoms with van der Waals surface area (Å²) in [6.45, 7) is 1.94. The van der Waals surface area contributed by atoms with Crippen molar-refractivity contribution in [1.29, 1.82) is 0 Å². The second-order valence-corrected chi connectivity index (χ2v) is 7.46. The topological polar surface area (TPSA) is 90.5 Å². The van der Waals surface area contributed by atoms with Gasteiger partial charge in [0.25, 0.3) is 0 Å². The van der Waals surface area contributed by atoms with Gasteiger partial charge in [0.05, 0.1) is 23.3 Å². The van der Waals surface area contributed by atoms with Crippen LogP contribution in [0, 0.1) is 6.92 Å². The highest BCUT2D eigenvalue weighted by atomic mass is 35.5. The first-order chi connectivity index (χ1) is 14.1. The van der Waals surface area contributed by atoms with Crippen molar-refractivity contribution in [3.8, 4) is 11.5 Å². The minimum absolute atomic E-state index is 0.167. The van der Waals surface area contributed by atoms with Gasteiger partial charge in [0.15, 0.2) is 11.0 Å². The van der Waals surface area contributed by atoms with Crippen LogP contribution in [0.3, 0.4) is 0 Å². The Hall–Kier alpha value is -3.17. The third kappa shape index (κ3) is 4.47. The summed E-state index contributed by atoms with van der Waals surface area (Å²) in [7, 11) is 0. The van der Waals surface area contributed by atoms with Crippen molar-refractivity contribution in [2.24, 2.45) is 0 Å². The summed E-state index contributed by atoms with van der Waals surface area (Å²) >= 11 is 7.50. The molecule has 3 heterocycles. The largest absolute Gasteiger partial charge is 0.324 e.